The molecule has 0 aromatic carbocycles. The molecule has 1 N–H and O–H groups in total. The van der Waals surface area contributed by atoms with Crippen LogP contribution < -0.4 is 5.32 Å². The van der Waals surface area contributed by atoms with Crippen molar-refractivity contribution >= 4 is 5.91 Å². The summed E-state index contributed by atoms with van der Waals surface area (Å²) in [5.74, 6) is 1.29. The lowest BCUT2D eigenvalue weighted by Crippen LogP contribution is -2.42. The van der Waals surface area contributed by atoms with E-state index in [1.165, 1.54) is 0 Å². The molecule has 0 aliphatic carbocycles. The number of aryl methyl sites for hydroxylation is 2. The highest BCUT2D eigenvalue weighted by Gasteiger charge is 2.18. The topological polar surface area (TPSA) is 68.0 Å². The molecule has 5 nitrogen and oxygen atoms in total. The van der Waals surface area contributed by atoms with Gasteiger partial charge in [0.05, 0.1) is 0 Å². The van der Waals surface area contributed by atoms with Gasteiger partial charge in [0.1, 0.15) is 0 Å². The quantitative estimate of drug-likeness (QED) is 0.809. The van der Waals surface area contributed by atoms with E-state index in [-0.39, 0.29) is 11.4 Å². The van der Waals surface area contributed by atoms with Gasteiger partial charge in [-0.05, 0) is 26.7 Å². The molecule has 0 atom stereocenters. The van der Waals surface area contributed by atoms with Crippen LogP contribution in [0.15, 0.2) is 4.52 Å². The van der Waals surface area contributed by atoms with Crippen molar-refractivity contribution in [3.05, 3.63) is 11.7 Å². The standard InChI is InChI=1S/C13H23N3O2/c1-5-7-10-14-12(18-16-10)9-8-11(17)15-13(3,4)6-2/h5-9H2,1-4H3,(H,15,17). The van der Waals surface area contributed by atoms with Crippen LogP contribution >= 0.6 is 0 Å². The Morgan fingerprint density at radius 1 is 1.33 bits per heavy atom. The molecule has 0 bridgehead atoms. The summed E-state index contributed by atoms with van der Waals surface area (Å²) in [6, 6.07) is 0. The van der Waals surface area contributed by atoms with Crippen LogP contribution in [-0.2, 0) is 17.6 Å². The van der Waals surface area contributed by atoms with Crippen molar-refractivity contribution in [2.75, 3.05) is 0 Å². The number of hydrogen-bond donors (Lipinski definition) is 1. The van der Waals surface area contributed by atoms with Crippen LogP contribution in [0.4, 0.5) is 0 Å². The van der Waals surface area contributed by atoms with E-state index in [0.717, 1.165) is 25.1 Å². The van der Waals surface area contributed by atoms with Crippen LogP contribution in [0, 0.1) is 0 Å². The minimum atomic E-state index is -0.153. The maximum absolute atomic E-state index is 11.7. The predicted molar refractivity (Wildman–Crippen MR) is 69.1 cm³/mol. The van der Waals surface area contributed by atoms with Gasteiger partial charge in [-0.15, -0.1) is 0 Å². The fourth-order valence-electron chi connectivity index (χ4n) is 1.47. The first-order valence-electron chi connectivity index (χ1n) is 6.59. The van der Waals surface area contributed by atoms with Gasteiger partial charge in [0.25, 0.3) is 0 Å². The number of carbonyl (C=O) groups excluding carboxylic acids is 1. The maximum Gasteiger partial charge on any atom is 0.227 e. The molecule has 1 heterocycles. The molecule has 18 heavy (non-hydrogen) atoms. The van der Waals surface area contributed by atoms with Crippen molar-refractivity contribution in [1.29, 1.82) is 0 Å². The van der Waals surface area contributed by atoms with Crippen molar-refractivity contribution in [2.24, 2.45) is 0 Å². The number of hydrogen-bond acceptors (Lipinski definition) is 4. The lowest BCUT2D eigenvalue weighted by molar-refractivity contribution is -0.122. The van der Waals surface area contributed by atoms with Crippen LogP contribution in [0.2, 0.25) is 0 Å². The summed E-state index contributed by atoms with van der Waals surface area (Å²) in [4.78, 5) is 16.0. The van der Waals surface area contributed by atoms with Crippen LogP contribution in [0.3, 0.4) is 0 Å². The summed E-state index contributed by atoms with van der Waals surface area (Å²) in [5, 5.41) is 6.84. The zero-order chi connectivity index (χ0) is 13.6. The molecule has 1 aromatic heterocycles. The molecule has 0 radical (unpaired) electrons. The van der Waals surface area contributed by atoms with E-state index in [0.29, 0.717) is 18.7 Å². The first-order chi connectivity index (χ1) is 8.46. The van der Waals surface area contributed by atoms with E-state index in [1.807, 2.05) is 13.8 Å². The SMILES string of the molecule is CCCc1noc(CCC(=O)NC(C)(C)CC)n1. The smallest absolute Gasteiger partial charge is 0.227 e. The van der Waals surface area contributed by atoms with E-state index in [9.17, 15) is 4.79 Å². The van der Waals surface area contributed by atoms with E-state index < -0.39 is 0 Å². The van der Waals surface area contributed by atoms with E-state index in [4.69, 9.17) is 4.52 Å². The van der Waals surface area contributed by atoms with E-state index in [2.05, 4.69) is 29.3 Å². The highest BCUT2D eigenvalue weighted by molar-refractivity contribution is 5.76. The third-order valence-electron chi connectivity index (χ3n) is 2.91. The molecule has 0 unspecified atom stereocenters. The Bertz CT molecular complexity index is 385. The molecule has 5 heteroatoms. The van der Waals surface area contributed by atoms with Gasteiger partial charge < -0.3 is 9.84 Å². The zero-order valence-corrected chi connectivity index (χ0v) is 11.7. The predicted octanol–water partition coefficient (Wildman–Crippen LogP) is 2.26. The molecule has 0 aliphatic heterocycles. The molecule has 0 saturated heterocycles. The summed E-state index contributed by atoms with van der Waals surface area (Å²) in [7, 11) is 0. The average Bonchev–Trinajstić information content (AvgIpc) is 2.74. The highest BCUT2D eigenvalue weighted by atomic mass is 16.5. The van der Waals surface area contributed by atoms with Crippen LogP contribution in [0.1, 0.15) is 58.7 Å². The van der Waals surface area contributed by atoms with Gasteiger partial charge in [0.2, 0.25) is 11.8 Å². The van der Waals surface area contributed by atoms with Gasteiger partial charge in [0.15, 0.2) is 5.82 Å². The highest BCUT2D eigenvalue weighted by Crippen LogP contribution is 2.08. The lowest BCUT2D eigenvalue weighted by atomic mass is 10.0. The molecule has 102 valence electrons. The van der Waals surface area contributed by atoms with E-state index >= 15 is 0 Å². The van der Waals surface area contributed by atoms with Gasteiger partial charge in [-0.1, -0.05) is 19.0 Å². The Morgan fingerprint density at radius 3 is 2.67 bits per heavy atom. The Morgan fingerprint density at radius 2 is 2.06 bits per heavy atom. The fourth-order valence-corrected chi connectivity index (χ4v) is 1.47. The maximum atomic E-state index is 11.7. The van der Waals surface area contributed by atoms with Crippen LogP contribution in [-0.4, -0.2) is 21.6 Å². The zero-order valence-electron chi connectivity index (χ0n) is 11.7. The number of amides is 1. The molecule has 0 fully saturated rings. The normalized spacial score (nSPS) is 11.6. The monoisotopic (exact) mass is 253 g/mol. The van der Waals surface area contributed by atoms with Crippen molar-refractivity contribution in [3.63, 3.8) is 0 Å². The Kier molecular flexibility index (Phi) is 5.31. The number of nitrogens with one attached hydrogen (secondary N) is 1. The Hall–Kier alpha value is -1.39. The Balaban J connectivity index is 2.37. The van der Waals surface area contributed by atoms with Crippen LogP contribution in [0.25, 0.3) is 0 Å². The second-order valence-electron chi connectivity index (χ2n) is 5.14. The second kappa shape index (κ2) is 6.52. The molecular weight excluding hydrogens is 230 g/mol. The van der Waals surface area contributed by atoms with Crippen molar-refractivity contribution in [1.82, 2.24) is 15.5 Å². The van der Waals surface area contributed by atoms with Gasteiger partial charge in [-0.2, -0.15) is 4.98 Å². The summed E-state index contributed by atoms with van der Waals surface area (Å²) < 4.78 is 5.08. The van der Waals surface area contributed by atoms with Crippen LogP contribution in [0.5, 0.6) is 0 Å². The van der Waals surface area contributed by atoms with Gasteiger partial charge in [-0.3, -0.25) is 4.79 Å². The summed E-state index contributed by atoms with van der Waals surface area (Å²) in [5.41, 5.74) is -0.153. The molecule has 1 rings (SSSR count). The number of rotatable bonds is 7. The average molecular weight is 253 g/mol. The number of nitrogens with zero attached hydrogens (tertiary/aromatic N) is 2. The van der Waals surface area contributed by atoms with Gasteiger partial charge in [-0.25, -0.2) is 0 Å². The number of carbonyl (C=O) groups is 1. The molecular formula is C13H23N3O2. The van der Waals surface area contributed by atoms with Crippen molar-refractivity contribution in [3.8, 4) is 0 Å². The third kappa shape index (κ3) is 4.85. The van der Waals surface area contributed by atoms with Gasteiger partial charge in [0, 0.05) is 24.8 Å². The molecule has 1 amide bonds. The summed E-state index contributed by atoms with van der Waals surface area (Å²) >= 11 is 0. The summed E-state index contributed by atoms with van der Waals surface area (Å²) in [6.45, 7) is 8.14. The van der Waals surface area contributed by atoms with Crippen molar-refractivity contribution < 1.29 is 9.32 Å². The largest absolute Gasteiger partial charge is 0.351 e. The second-order valence-corrected chi connectivity index (χ2v) is 5.14. The molecule has 0 saturated carbocycles. The first kappa shape index (κ1) is 14.7. The molecule has 1 aromatic rings. The third-order valence-corrected chi connectivity index (χ3v) is 2.91. The van der Waals surface area contributed by atoms with Gasteiger partial charge >= 0.3 is 0 Å². The van der Waals surface area contributed by atoms with Crippen molar-refractivity contribution in [2.45, 2.75) is 65.3 Å². The number of aromatic nitrogens is 2. The first-order valence-corrected chi connectivity index (χ1v) is 6.59. The minimum absolute atomic E-state index is 0.0251. The molecule has 0 spiro atoms. The Labute approximate surface area is 108 Å². The minimum Gasteiger partial charge on any atom is -0.351 e. The summed E-state index contributed by atoms with van der Waals surface area (Å²) in [6.07, 6.45) is 3.60. The fraction of sp³-hybridized carbons (Fsp3) is 0.769. The lowest BCUT2D eigenvalue weighted by Gasteiger charge is -2.24. The van der Waals surface area contributed by atoms with E-state index in [1.54, 1.807) is 0 Å². The molecule has 0 aliphatic rings.